The number of carbonyl (C=O) groups excluding carboxylic acids is 2. The maximum Gasteiger partial charge on any atom is 0.242 e. The van der Waals surface area contributed by atoms with Crippen LogP contribution >= 0.6 is 0 Å². The summed E-state index contributed by atoms with van der Waals surface area (Å²) in [6.45, 7) is 3.12. The maximum absolute atomic E-state index is 11.5. The van der Waals surface area contributed by atoms with E-state index in [2.05, 4.69) is 0 Å². The monoisotopic (exact) mass is 202 g/mol. The topological polar surface area (TPSA) is 60.9 Å². The average Bonchev–Trinajstić information content (AvgIpc) is 2.14. The Morgan fingerprint density at radius 2 is 1.86 bits per heavy atom. The molecule has 0 aromatic heterocycles. The summed E-state index contributed by atoms with van der Waals surface area (Å²) in [5, 5.41) is 8.82. The summed E-state index contributed by atoms with van der Waals surface area (Å²) >= 11 is 0. The van der Waals surface area contributed by atoms with Crippen molar-refractivity contribution in [2.75, 3.05) is 27.2 Å². The molecule has 0 aliphatic rings. The quantitative estimate of drug-likeness (QED) is 0.656. The van der Waals surface area contributed by atoms with Gasteiger partial charge in [-0.1, -0.05) is 0 Å². The molecule has 0 bridgehead atoms. The number of aliphatic hydroxyl groups excluding tert-OH is 1. The van der Waals surface area contributed by atoms with Crippen molar-refractivity contribution in [3.05, 3.63) is 0 Å². The summed E-state index contributed by atoms with van der Waals surface area (Å²) in [5.41, 5.74) is 0. The predicted octanol–water partition coefficient (Wildman–Crippen LogP) is -0.696. The highest BCUT2D eigenvalue weighted by Crippen LogP contribution is 1.96. The predicted molar refractivity (Wildman–Crippen MR) is 52.6 cm³/mol. The van der Waals surface area contributed by atoms with Crippen molar-refractivity contribution in [3.8, 4) is 0 Å². The number of aliphatic hydroxyl groups is 1. The molecule has 0 spiro atoms. The average molecular weight is 202 g/mol. The van der Waals surface area contributed by atoms with Gasteiger partial charge in [0.2, 0.25) is 11.8 Å². The van der Waals surface area contributed by atoms with Crippen LogP contribution < -0.4 is 0 Å². The number of amides is 2. The van der Waals surface area contributed by atoms with Crippen molar-refractivity contribution < 1.29 is 14.7 Å². The summed E-state index contributed by atoms with van der Waals surface area (Å²) in [7, 11) is 3.18. The second kappa shape index (κ2) is 5.59. The molecule has 82 valence electrons. The van der Waals surface area contributed by atoms with Crippen LogP contribution in [0.3, 0.4) is 0 Å². The molecule has 0 aliphatic carbocycles. The van der Waals surface area contributed by atoms with E-state index in [1.807, 2.05) is 0 Å². The summed E-state index contributed by atoms with van der Waals surface area (Å²) in [6, 6.07) is -0.220. The molecule has 0 radical (unpaired) electrons. The first-order chi connectivity index (χ1) is 6.40. The fraction of sp³-hybridized carbons (Fsp3) is 0.778. The molecule has 0 rings (SSSR count). The van der Waals surface area contributed by atoms with Gasteiger partial charge in [-0.05, 0) is 6.92 Å². The van der Waals surface area contributed by atoms with Crippen LogP contribution in [0.25, 0.3) is 0 Å². The first-order valence-electron chi connectivity index (χ1n) is 4.48. The molecule has 5 nitrogen and oxygen atoms in total. The number of hydrogen-bond donors (Lipinski definition) is 1. The normalized spacial score (nSPS) is 12.1. The highest BCUT2D eigenvalue weighted by atomic mass is 16.3. The molecule has 0 fully saturated rings. The highest BCUT2D eigenvalue weighted by molar-refractivity contribution is 5.83. The smallest absolute Gasteiger partial charge is 0.242 e. The van der Waals surface area contributed by atoms with E-state index in [9.17, 15) is 9.59 Å². The van der Waals surface area contributed by atoms with Crippen LogP contribution in [0.2, 0.25) is 0 Å². The van der Waals surface area contributed by atoms with Gasteiger partial charge in [-0.3, -0.25) is 9.59 Å². The second-order valence-corrected chi connectivity index (χ2v) is 3.41. The van der Waals surface area contributed by atoms with Crippen molar-refractivity contribution in [3.63, 3.8) is 0 Å². The van der Waals surface area contributed by atoms with Gasteiger partial charge in [0.25, 0.3) is 0 Å². The van der Waals surface area contributed by atoms with Crippen molar-refractivity contribution in [2.45, 2.75) is 19.9 Å². The van der Waals surface area contributed by atoms with E-state index >= 15 is 0 Å². The SMILES string of the molecule is CC(=O)N(C)CC(=O)N(C)C(C)CO. The van der Waals surface area contributed by atoms with E-state index < -0.39 is 0 Å². The molecule has 1 N–H and O–H groups in total. The van der Waals surface area contributed by atoms with E-state index in [0.29, 0.717) is 0 Å². The van der Waals surface area contributed by atoms with Crippen LogP contribution in [0, 0.1) is 0 Å². The summed E-state index contributed by atoms with van der Waals surface area (Å²) in [6.07, 6.45) is 0. The molecule has 0 aromatic carbocycles. The van der Waals surface area contributed by atoms with Crippen LogP contribution in [-0.4, -0.2) is 60.0 Å². The van der Waals surface area contributed by atoms with Crippen LogP contribution in [0.5, 0.6) is 0 Å². The third kappa shape index (κ3) is 3.74. The second-order valence-electron chi connectivity index (χ2n) is 3.41. The first kappa shape index (κ1) is 12.9. The van der Waals surface area contributed by atoms with E-state index in [1.54, 1.807) is 21.0 Å². The minimum absolute atomic E-state index is 0.0518. The molecule has 1 unspecified atom stereocenters. The number of nitrogens with zero attached hydrogens (tertiary/aromatic N) is 2. The fourth-order valence-electron chi connectivity index (χ4n) is 0.794. The molecule has 5 heteroatoms. The van der Waals surface area contributed by atoms with Crippen LogP contribution in [-0.2, 0) is 9.59 Å². The van der Waals surface area contributed by atoms with E-state index in [0.717, 1.165) is 0 Å². The number of hydrogen-bond acceptors (Lipinski definition) is 3. The molecule has 0 saturated heterocycles. The third-order valence-electron chi connectivity index (χ3n) is 2.23. The Morgan fingerprint density at radius 3 is 2.21 bits per heavy atom. The Bertz CT molecular complexity index is 218. The number of likely N-dealkylation sites (N-methyl/N-ethyl adjacent to an activating group) is 2. The summed E-state index contributed by atoms with van der Waals surface area (Å²) in [5.74, 6) is -0.326. The summed E-state index contributed by atoms with van der Waals surface area (Å²) < 4.78 is 0. The zero-order valence-electron chi connectivity index (χ0n) is 9.15. The molecule has 1 atom stereocenters. The molecule has 0 saturated carbocycles. The van der Waals surface area contributed by atoms with Gasteiger partial charge < -0.3 is 14.9 Å². The van der Waals surface area contributed by atoms with Crippen LogP contribution in [0.15, 0.2) is 0 Å². The van der Waals surface area contributed by atoms with Crippen molar-refractivity contribution in [1.82, 2.24) is 9.80 Å². The van der Waals surface area contributed by atoms with E-state index in [4.69, 9.17) is 5.11 Å². The third-order valence-corrected chi connectivity index (χ3v) is 2.23. The van der Waals surface area contributed by atoms with Gasteiger partial charge in [-0.25, -0.2) is 0 Å². The minimum atomic E-state index is -0.220. The van der Waals surface area contributed by atoms with Crippen LogP contribution in [0.4, 0.5) is 0 Å². The van der Waals surface area contributed by atoms with Gasteiger partial charge >= 0.3 is 0 Å². The lowest BCUT2D eigenvalue weighted by Gasteiger charge is -2.25. The first-order valence-corrected chi connectivity index (χ1v) is 4.48. The number of carbonyl (C=O) groups is 2. The minimum Gasteiger partial charge on any atom is -0.394 e. The summed E-state index contributed by atoms with van der Waals surface area (Å²) in [4.78, 5) is 25.1. The molecule has 2 amide bonds. The van der Waals surface area contributed by atoms with Gasteiger partial charge in [-0.2, -0.15) is 0 Å². The lowest BCUT2D eigenvalue weighted by Crippen LogP contribution is -2.43. The Kier molecular flexibility index (Phi) is 5.15. The van der Waals surface area contributed by atoms with Crippen LogP contribution in [0.1, 0.15) is 13.8 Å². The zero-order valence-corrected chi connectivity index (χ0v) is 9.15. The fourth-order valence-corrected chi connectivity index (χ4v) is 0.794. The van der Waals surface area contributed by atoms with Crippen molar-refractivity contribution in [1.29, 1.82) is 0 Å². The number of rotatable bonds is 4. The lowest BCUT2D eigenvalue weighted by atomic mass is 10.3. The van der Waals surface area contributed by atoms with Gasteiger partial charge in [0, 0.05) is 21.0 Å². The van der Waals surface area contributed by atoms with Gasteiger partial charge in [-0.15, -0.1) is 0 Å². The molecule has 0 aromatic rings. The molecular formula is C9H18N2O3. The standard InChI is InChI=1S/C9H18N2O3/c1-7(6-12)11(4)9(14)5-10(3)8(2)13/h7,12H,5-6H2,1-4H3. The Morgan fingerprint density at radius 1 is 1.36 bits per heavy atom. The van der Waals surface area contributed by atoms with Gasteiger partial charge in [0.15, 0.2) is 0 Å². The lowest BCUT2D eigenvalue weighted by molar-refractivity contribution is -0.139. The molecule has 14 heavy (non-hydrogen) atoms. The molecule has 0 aliphatic heterocycles. The van der Waals surface area contributed by atoms with Gasteiger partial charge in [0.05, 0.1) is 19.2 Å². The Hall–Kier alpha value is -1.10. The van der Waals surface area contributed by atoms with Crippen molar-refractivity contribution in [2.24, 2.45) is 0 Å². The van der Waals surface area contributed by atoms with Crippen molar-refractivity contribution >= 4 is 11.8 Å². The maximum atomic E-state index is 11.5. The molecule has 0 heterocycles. The highest BCUT2D eigenvalue weighted by Gasteiger charge is 2.17. The van der Waals surface area contributed by atoms with E-state index in [-0.39, 0.29) is 31.0 Å². The van der Waals surface area contributed by atoms with Gasteiger partial charge in [0.1, 0.15) is 0 Å². The Labute approximate surface area is 84.3 Å². The largest absolute Gasteiger partial charge is 0.394 e. The van der Waals surface area contributed by atoms with E-state index in [1.165, 1.54) is 16.7 Å². The molecular weight excluding hydrogens is 184 g/mol. The zero-order chi connectivity index (χ0) is 11.3. The Balaban J connectivity index is 4.14.